The highest BCUT2D eigenvalue weighted by Crippen LogP contribution is 2.26. The van der Waals surface area contributed by atoms with E-state index < -0.39 is 6.17 Å². The van der Waals surface area contributed by atoms with E-state index in [9.17, 15) is 9.18 Å². The minimum absolute atomic E-state index is 0.0570. The van der Waals surface area contributed by atoms with E-state index in [1.807, 2.05) is 73.7 Å². The fourth-order valence-corrected chi connectivity index (χ4v) is 4.93. The van der Waals surface area contributed by atoms with Gasteiger partial charge in [0.1, 0.15) is 29.1 Å². The van der Waals surface area contributed by atoms with Gasteiger partial charge >= 0.3 is 0 Å². The molecule has 1 unspecified atom stereocenters. The third-order valence-electron chi connectivity index (χ3n) is 7.59. The van der Waals surface area contributed by atoms with Crippen LogP contribution in [-0.4, -0.2) is 43.4 Å². The van der Waals surface area contributed by atoms with E-state index in [4.69, 9.17) is 14.2 Å². The van der Waals surface area contributed by atoms with Crippen LogP contribution in [0.1, 0.15) is 74.6 Å². The SMILES string of the molecule is C=C/C=C(\C=C/C(C)F)CCOc1ccc(C[C@@H](CCOC)NC(=O)c2cc(/C=C(\C=C/C)Oc3ccc(C(C)(C)C)cc3)ccn2)cc1. The van der Waals surface area contributed by atoms with Crippen molar-refractivity contribution in [3.8, 4) is 11.5 Å². The van der Waals surface area contributed by atoms with E-state index in [-0.39, 0.29) is 17.4 Å². The molecule has 0 aliphatic carbocycles. The van der Waals surface area contributed by atoms with Gasteiger partial charge in [-0.25, -0.2) is 4.39 Å². The largest absolute Gasteiger partial charge is 0.493 e. The third kappa shape index (κ3) is 14.1. The first kappa shape index (κ1) is 38.7. The number of allylic oxidation sites excluding steroid dienone is 6. The van der Waals surface area contributed by atoms with Crippen LogP contribution in [-0.2, 0) is 16.6 Å². The molecule has 49 heavy (non-hydrogen) atoms. The molecule has 0 fully saturated rings. The van der Waals surface area contributed by atoms with Crippen molar-refractivity contribution in [2.24, 2.45) is 0 Å². The van der Waals surface area contributed by atoms with Crippen LogP contribution in [0.4, 0.5) is 4.39 Å². The average molecular weight is 667 g/mol. The van der Waals surface area contributed by atoms with Crippen LogP contribution in [0.5, 0.6) is 11.5 Å². The Balaban J connectivity index is 1.65. The van der Waals surface area contributed by atoms with Crippen molar-refractivity contribution in [2.75, 3.05) is 20.3 Å². The van der Waals surface area contributed by atoms with Crippen LogP contribution >= 0.6 is 0 Å². The monoisotopic (exact) mass is 666 g/mol. The molecular formula is C42H51FN2O4. The summed E-state index contributed by atoms with van der Waals surface area (Å²) in [5, 5.41) is 3.15. The number of carbonyl (C=O) groups is 1. The Hall–Kier alpha value is -4.75. The highest BCUT2D eigenvalue weighted by molar-refractivity contribution is 5.93. The fraction of sp³-hybridized carbons (Fsp3) is 0.333. The van der Waals surface area contributed by atoms with E-state index in [0.29, 0.717) is 43.9 Å². The van der Waals surface area contributed by atoms with Gasteiger partial charge in [0.05, 0.1) is 6.61 Å². The lowest BCUT2D eigenvalue weighted by molar-refractivity contribution is 0.0919. The first-order chi connectivity index (χ1) is 23.5. The molecule has 1 N–H and O–H groups in total. The zero-order valence-corrected chi connectivity index (χ0v) is 29.7. The number of aromatic nitrogens is 1. The summed E-state index contributed by atoms with van der Waals surface area (Å²) >= 11 is 0. The van der Waals surface area contributed by atoms with Gasteiger partial charge in [0.2, 0.25) is 0 Å². The average Bonchev–Trinajstić information content (AvgIpc) is 3.07. The number of nitrogens with zero attached hydrogens (tertiary/aromatic N) is 1. The van der Waals surface area contributed by atoms with Gasteiger partial charge < -0.3 is 19.5 Å². The van der Waals surface area contributed by atoms with Gasteiger partial charge in [-0.05, 0) is 103 Å². The highest BCUT2D eigenvalue weighted by Gasteiger charge is 2.17. The summed E-state index contributed by atoms with van der Waals surface area (Å²) in [7, 11) is 1.65. The first-order valence-electron chi connectivity index (χ1n) is 16.7. The molecule has 0 saturated carbocycles. The van der Waals surface area contributed by atoms with Crippen molar-refractivity contribution in [3.63, 3.8) is 0 Å². The Kier molecular flexibility index (Phi) is 15.7. The molecule has 2 aromatic carbocycles. The second kappa shape index (κ2) is 19.9. The van der Waals surface area contributed by atoms with Crippen molar-refractivity contribution < 1.29 is 23.4 Å². The fourth-order valence-electron chi connectivity index (χ4n) is 4.93. The minimum atomic E-state index is -1.01. The van der Waals surface area contributed by atoms with Crippen LogP contribution in [0, 0.1) is 0 Å². The number of hydrogen-bond donors (Lipinski definition) is 1. The molecule has 0 saturated heterocycles. The van der Waals surface area contributed by atoms with E-state index in [2.05, 4.69) is 49.8 Å². The normalized spacial score (nSPS) is 13.8. The van der Waals surface area contributed by atoms with E-state index in [0.717, 1.165) is 28.2 Å². The van der Waals surface area contributed by atoms with Gasteiger partial charge in [0.25, 0.3) is 5.91 Å². The summed E-state index contributed by atoms with van der Waals surface area (Å²) < 4.78 is 30.6. The Labute approximate surface area is 292 Å². The lowest BCUT2D eigenvalue weighted by Crippen LogP contribution is -2.37. The summed E-state index contributed by atoms with van der Waals surface area (Å²) in [5.74, 6) is 1.85. The summed E-state index contributed by atoms with van der Waals surface area (Å²) in [4.78, 5) is 17.8. The molecule has 0 bridgehead atoms. The van der Waals surface area contributed by atoms with E-state index in [1.54, 1.807) is 31.5 Å². The molecule has 6 nitrogen and oxygen atoms in total. The molecule has 0 radical (unpaired) electrons. The Morgan fingerprint density at radius 3 is 2.37 bits per heavy atom. The number of benzene rings is 2. The molecular weight excluding hydrogens is 615 g/mol. The number of methoxy groups -OCH3 is 1. The molecule has 0 spiro atoms. The van der Waals surface area contributed by atoms with Gasteiger partial charge in [-0.2, -0.15) is 0 Å². The summed E-state index contributed by atoms with van der Waals surface area (Å²) in [6.45, 7) is 14.6. The molecule has 3 rings (SSSR count). The van der Waals surface area contributed by atoms with Crippen LogP contribution in [0.25, 0.3) is 6.08 Å². The first-order valence-corrected chi connectivity index (χ1v) is 16.7. The Morgan fingerprint density at radius 1 is 1.02 bits per heavy atom. The summed E-state index contributed by atoms with van der Waals surface area (Å²) in [5.41, 5.74) is 4.39. The molecule has 1 amide bonds. The number of rotatable bonds is 18. The lowest BCUT2D eigenvalue weighted by Gasteiger charge is -2.19. The second-order valence-corrected chi connectivity index (χ2v) is 12.8. The number of carbonyl (C=O) groups excluding carboxylic acids is 1. The number of nitrogens with one attached hydrogen (secondary N) is 1. The van der Waals surface area contributed by atoms with Crippen molar-refractivity contribution in [1.29, 1.82) is 0 Å². The summed E-state index contributed by atoms with van der Waals surface area (Å²) in [6.07, 6.45) is 15.0. The lowest BCUT2D eigenvalue weighted by atomic mass is 9.87. The highest BCUT2D eigenvalue weighted by atomic mass is 19.1. The number of ether oxygens (including phenoxy) is 3. The quantitative estimate of drug-likeness (QED) is 0.108. The van der Waals surface area contributed by atoms with Gasteiger partial charge in [-0.3, -0.25) is 9.78 Å². The number of amides is 1. The minimum Gasteiger partial charge on any atom is -0.493 e. The van der Waals surface area contributed by atoms with Gasteiger partial charge in [-0.15, -0.1) is 0 Å². The second-order valence-electron chi connectivity index (χ2n) is 12.8. The maximum Gasteiger partial charge on any atom is 0.270 e. The van der Waals surface area contributed by atoms with Crippen molar-refractivity contribution in [2.45, 2.75) is 71.5 Å². The number of pyridine rings is 1. The number of halogens is 1. The van der Waals surface area contributed by atoms with Gasteiger partial charge in [-0.1, -0.05) is 82.0 Å². The van der Waals surface area contributed by atoms with E-state index in [1.165, 1.54) is 18.6 Å². The zero-order chi connectivity index (χ0) is 35.6. The van der Waals surface area contributed by atoms with Crippen molar-refractivity contribution in [3.05, 3.63) is 144 Å². The molecule has 7 heteroatoms. The van der Waals surface area contributed by atoms with Crippen molar-refractivity contribution in [1.82, 2.24) is 10.3 Å². The Morgan fingerprint density at radius 2 is 1.73 bits per heavy atom. The van der Waals surface area contributed by atoms with Gasteiger partial charge in [0.15, 0.2) is 0 Å². The third-order valence-corrected chi connectivity index (χ3v) is 7.59. The predicted octanol–water partition coefficient (Wildman–Crippen LogP) is 9.55. The molecule has 3 aromatic rings. The predicted molar refractivity (Wildman–Crippen MR) is 199 cm³/mol. The topological polar surface area (TPSA) is 69.7 Å². The maximum absolute atomic E-state index is 13.4. The zero-order valence-electron chi connectivity index (χ0n) is 29.7. The number of hydrogen-bond acceptors (Lipinski definition) is 5. The molecule has 0 aliphatic heterocycles. The standard InChI is InChI=1S/C42H51FN2O4/c1-8-10-32(13-12-31(3)43)23-27-48-37-18-14-33(15-19-37)28-36(24-26-47-7)45-41(46)40-30-34(22-25-44-40)29-39(11-9-2)49-38-20-16-35(17-21-38)42(4,5)6/h8-22,25,29-31,36H,1,23-24,26-28H2,2-7H3,(H,45,46)/b11-9-,13-12-,32-10+,39-29+/t31?,36-/m1/s1. The molecule has 2 atom stereocenters. The van der Waals surface area contributed by atoms with Crippen LogP contribution in [0.2, 0.25) is 0 Å². The molecule has 0 aliphatic rings. The maximum atomic E-state index is 13.4. The Bertz CT molecular complexity index is 1600. The van der Waals surface area contributed by atoms with Crippen LogP contribution < -0.4 is 14.8 Å². The number of alkyl halides is 1. The molecule has 260 valence electrons. The van der Waals surface area contributed by atoms with Crippen LogP contribution in [0.15, 0.2) is 121 Å². The van der Waals surface area contributed by atoms with Crippen molar-refractivity contribution >= 4 is 12.0 Å². The molecule has 1 aromatic heterocycles. The smallest absolute Gasteiger partial charge is 0.270 e. The molecule has 1 heterocycles. The van der Waals surface area contributed by atoms with Gasteiger partial charge in [0, 0.05) is 32.4 Å². The summed E-state index contributed by atoms with van der Waals surface area (Å²) in [6, 6.07) is 19.4. The van der Waals surface area contributed by atoms with Crippen LogP contribution in [0.3, 0.4) is 0 Å². The van der Waals surface area contributed by atoms with E-state index >= 15 is 0 Å².